The molecule has 0 saturated carbocycles. The zero-order valence-electron chi connectivity index (χ0n) is 22.6. The minimum absolute atomic E-state index is 0.523. The van der Waals surface area contributed by atoms with Gasteiger partial charge in [-0.1, -0.05) is 18.2 Å². The van der Waals surface area contributed by atoms with Gasteiger partial charge in [-0.3, -0.25) is 10.00 Å². The van der Waals surface area contributed by atoms with Crippen molar-refractivity contribution < 1.29 is 4.74 Å². The number of aromatic nitrogens is 6. The number of H-pyrrole nitrogens is 1. The summed E-state index contributed by atoms with van der Waals surface area (Å²) in [6.45, 7) is 7.43. The third-order valence-electron chi connectivity index (χ3n) is 7.69. The standard InChI is InChI=1S/C30H31N9O/c1-3-40-28-11-8-20(14-32-28)16-39-22-13-23(39)18-38(17-22)27-10-9-21(15-31-27)29-33-25-7-5-4-6-24(25)30(35-29)34-26-12-19(2)36-37-26/h4-12,14-15,22-23H,3,13,16-18H2,1-2H3,(H2,33,34,35,36,37). The first-order valence-electron chi connectivity index (χ1n) is 13.7. The predicted octanol–water partition coefficient (Wildman–Crippen LogP) is 4.72. The normalized spacial score (nSPS) is 18.5. The van der Waals surface area contributed by atoms with Gasteiger partial charge in [-0.2, -0.15) is 5.10 Å². The van der Waals surface area contributed by atoms with Crippen molar-refractivity contribution in [2.24, 2.45) is 0 Å². The second kappa shape index (κ2) is 10.2. The molecule has 10 nitrogen and oxygen atoms in total. The summed E-state index contributed by atoms with van der Waals surface area (Å²) in [5, 5.41) is 11.6. The largest absolute Gasteiger partial charge is 0.478 e. The quantitative estimate of drug-likeness (QED) is 0.293. The van der Waals surface area contributed by atoms with E-state index in [2.05, 4.69) is 48.5 Å². The molecule has 5 aromatic rings. The average Bonchev–Trinajstić information content (AvgIpc) is 3.41. The lowest BCUT2D eigenvalue weighted by atomic mass is 9.87. The lowest BCUT2D eigenvalue weighted by Gasteiger charge is -2.56. The van der Waals surface area contributed by atoms with Crippen molar-refractivity contribution >= 4 is 28.4 Å². The second-order valence-corrected chi connectivity index (χ2v) is 10.4. The fraction of sp³-hybridized carbons (Fsp3) is 0.300. The topological polar surface area (TPSA) is 108 Å². The molecule has 4 aromatic heterocycles. The van der Waals surface area contributed by atoms with Crippen LogP contribution in [-0.2, 0) is 6.54 Å². The van der Waals surface area contributed by atoms with Crippen LogP contribution in [0.25, 0.3) is 22.3 Å². The summed E-state index contributed by atoms with van der Waals surface area (Å²) >= 11 is 0. The van der Waals surface area contributed by atoms with Crippen LogP contribution in [0.1, 0.15) is 24.6 Å². The number of aromatic amines is 1. The zero-order valence-corrected chi connectivity index (χ0v) is 22.6. The van der Waals surface area contributed by atoms with Crippen molar-refractivity contribution in [3.05, 3.63) is 78.2 Å². The van der Waals surface area contributed by atoms with Crippen LogP contribution < -0.4 is 15.0 Å². The first-order chi connectivity index (χ1) is 19.6. The predicted molar refractivity (Wildman–Crippen MR) is 155 cm³/mol. The van der Waals surface area contributed by atoms with Gasteiger partial charge in [0.25, 0.3) is 0 Å². The summed E-state index contributed by atoms with van der Waals surface area (Å²) in [5.41, 5.74) is 3.95. The van der Waals surface area contributed by atoms with E-state index in [-0.39, 0.29) is 0 Å². The highest BCUT2D eigenvalue weighted by Gasteiger charge is 2.44. The number of rotatable bonds is 8. The molecule has 3 aliphatic heterocycles. The molecule has 2 N–H and O–H groups in total. The van der Waals surface area contributed by atoms with Crippen molar-refractivity contribution in [1.29, 1.82) is 0 Å². The summed E-state index contributed by atoms with van der Waals surface area (Å²) < 4.78 is 5.48. The van der Waals surface area contributed by atoms with E-state index in [1.165, 1.54) is 12.0 Å². The number of benzene rings is 1. The first-order valence-corrected chi connectivity index (χ1v) is 13.7. The number of aryl methyl sites for hydroxylation is 1. The van der Waals surface area contributed by atoms with Crippen LogP contribution >= 0.6 is 0 Å². The van der Waals surface area contributed by atoms with Crippen molar-refractivity contribution in [3.63, 3.8) is 0 Å². The Morgan fingerprint density at radius 3 is 2.60 bits per heavy atom. The molecule has 0 radical (unpaired) electrons. The van der Waals surface area contributed by atoms with E-state index in [9.17, 15) is 0 Å². The van der Waals surface area contributed by atoms with Crippen LogP contribution in [0.2, 0.25) is 0 Å². The Morgan fingerprint density at radius 1 is 1.00 bits per heavy atom. The maximum Gasteiger partial charge on any atom is 0.213 e. The van der Waals surface area contributed by atoms with E-state index in [0.717, 1.165) is 59.2 Å². The van der Waals surface area contributed by atoms with Crippen LogP contribution in [0.3, 0.4) is 0 Å². The molecule has 3 saturated heterocycles. The Morgan fingerprint density at radius 2 is 1.88 bits per heavy atom. The van der Waals surface area contributed by atoms with E-state index in [4.69, 9.17) is 19.7 Å². The van der Waals surface area contributed by atoms with E-state index < -0.39 is 0 Å². The number of pyridine rings is 2. The fourth-order valence-electron chi connectivity index (χ4n) is 5.69. The Kier molecular flexibility index (Phi) is 6.24. The molecule has 10 heteroatoms. The molecule has 2 bridgehead atoms. The molecule has 0 aliphatic carbocycles. The number of nitrogens with one attached hydrogen (secondary N) is 2. The Hall–Kier alpha value is -4.57. The lowest BCUT2D eigenvalue weighted by Crippen LogP contribution is -2.68. The monoisotopic (exact) mass is 533 g/mol. The molecule has 0 amide bonds. The van der Waals surface area contributed by atoms with E-state index in [1.807, 2.05) is 62.6 Å². The van der Waals surface area contributed by atoms with Crippen molar-refractivity contribution in [2.75, 3.05) is 29.9 Å². The molecule has 2 unspecified atom stereocenters. The van der Waals surface area contributed by atoms with Gasteiger partial charge in [-0.05, 0) is 50.1 Å². The maximum absolute atomic E-state index is 5.48. The maximum atomic E-state index is 5.48. The van der Waals surface area contributed by atoms with E-state index in [1.54, 1.807) is 0 Å². The molecule has 3 aliphatic rings. The van der Waals surface area contributed by atoms with Gasteiger partial charge in [0.2, 0.25) is 5.88 Å². The van der Waals surface area contributed by atoms with Gasteiger partial charge in [0.05, 0.1) is 12.1 Å². The minimum atomic E-state index is 0.523. The van der Waals surface area contributed by atoms with Crippen molar-refractivity contribution in [3.8, 4) is 17.3 Å². The Labute approximate surface area is 232 Å². The smallest absolute Gasteiger partial charge is 0.213 e. The highest BCUT2D eigenvalue weighted by Crippen LogP contribution is 2.36. The average molecular weight is 534 g/mol. The van der Waals surface area contributed by atoms with Gasteiger partial charge in [0, 0.05) is 72.9 Å². The summed E-state index contributed by atoms with van der Waals surface area (Å²) in [6.07, 6.45) is 5.05. The van der Waals surface area contributed by atoms with Crippen LogP contribution in [0.5, 0.6) is 5.88 Å². The van der Waals surface area contributed by atoms with Gasteiger partial charge in [-0.15, -0.1) is 0 Å². The second-order valence-electron chi connectivity index (χ2n) is 10.4. The van der Waals surface area contributed by atoms with E-state index >= 15 is 0 Å². The molecule has 40 heavy (non-hydrogen) atoms. The Bertz CT molecular complexity index is 1620. The van der Waals surface area contributed by atoms with Crippen LogP contribution in [0, 0.1) is 6.92 Å². The van der Waals surface area contributed by atoms with Gasteiger partial charge in [-0.25, -0.2) is 19.9 Å². The molecular weight excluding hydrogens is 502 g/mol. The minimum Gasteiger partial charge on any atom is -0.478 e. The highest BCUT2D eigenvalue weighted by molar-refractivity contribution is 5.92. The van der Waals surface area contributed by atoms with Gasteiger partial charge in [0.1, 0.15) is 11.6 Å². The lowest BCUT2D eigenvalue weighted by molar-refractivity contribution is -0.00877. The highest BCUT2D eigenvalue weighted by atomic mass is 16.5. The fourth-order valence-corrected chi connectivity index (χ4v) is 5.69. The van der Waals surface area contributed by atoms with Gasteiger partial charge in [0.15, 0.2) is 11.6 Å². The molecule has 0 spiro atoms. The number of hydrogen-bond acceptors (Lipinski definition) is 9. The molecular formula is C30H31N9O. The summed E-state index contributed by atoms with van der Waals surface area (Å²) in [6, 6.07) is 19.2. The molecule has 3 fully saturated rings. The number of piperidine rings is 1. The number of ether oxygens (including phenoxy) is 1. The third kappa shape index (κ3) is 4.71. The first kappa shape index (κ1) is 24.5. The number of anilines is 3. The van der Waals surface area contributed by atoms with Crippen molar-refractivity contribution in [1.82, 2.24) is 35.0 Å². The van der Waals surface area contributed by atoms with E-state index in [0.29, 0.717) is 30.4 Å². The molecule has 7 heterocycles. The van der Waals surface area contributed by atoms with Crippen LogP contribution in [0.4, 0.5) is 17.5 Å². The Balaban J connectivity index is 1.06. The molecule has 2 atom stereocenters. The molecule has 202 valence electrons. The molecule has 8 rings (SSSR count). The number of fused-ring (bicyclic) bond motifs is 3. The molecule has 1 aromatic carbocycles. The van der Waals surface area contributed by atoms with Gasteiger partial charge < -0.3 is 15.0 Å². The number of piperazine rings is 1. The third-order valence-corrected chi connectivity index (χ3v) is 7.69. The summed E-state index contributed by atoms with van der Waals surface area (Å²) in [4.78, 5) is 23.9. The number of nitrogens with zero attached hydrogens (tertiary/aromatic N) is 7. The summed E-state index contributed by atoms with van der Waals surface area (Å²) in [7, 11) is 0. The number of hydrogen-bond donors (Lipinski definition) is 2. The van der Waals surface area contributed by atoms with Crippen LogP contribution in [-0.4, -0.2) is 66.8 Å². The van der Waals surface area contributed by atoms with Gasteiger partial charge >= 0.3 is 0 Å². The van der Waals surface area contributed by atoms with Crippen LogP contribution in [0.15, 0.2) is 67.0 Å². The zero-order chi connectivity index (χ0) is 27.1. The van der Waals surface area contributed by atoms with Crippen molar-refractivity contribution in [2.45, 2.75) is 38.9 Å². The SMILES string of the molecule is CCOc1ccc(CN2C3CC2CN(c2ccc(-c4nc(Nc5cc(C)[nH]n5)c5ccccc5n4)cn2)C3)cn1. The number of para-hydroxylation sites is 1. The summed E-state index contributed by atoms with van der Waals surface area (Å²) in [5.74, 6) is 3.74.